The van der Waals surface area contributed by atoms with Crippen LogP contribution in [0, 0.1) is 18.7 Å². The second-order valence-electron chi connectivity index (χ2n) is 4.17. The van der Waals surface area contributed by atoms with E-state index >= 15 is 0 Å². The molecule has 0 radical (unpaired) electrons. The summed E-state index contributed by atoms with van der Waals surface area (Å²) >= 11 is 0. The summed E-state index contributed by atoms with van der Waals surface area (Å²) in [5.41, 5.74) is 6.68. The van der Waals surface area contributed by atoms with Gasteiger partial charge in [-0.15, -0.1) is 0 Å². The number of anilines is 1. The summed E-state index contributed by atoms with van der Waals surface area (Å²) in [7, 11) is 0. The van der Waals surface area contributed by atoms with E-state index in [9.17, 15) is 9.18 Å². The van der Waals surface area contributed by atoms with Gasteiger partial charge in [0.1, 0.15) is 5.82 Å². The number of nitrogens with one attached hydrogen (secondary N) is 1. The van der Waals surface area contributed by atoms with Gasteiger partial charge >= 0.3 is 0 Å². The Balaban J connectivity index is 2.69. The highest BCUT2D eigenvalue weighted by Gasteiger charge is 2.15. The molecule has 4 heteroatoms. The van der Waals surface area contributed by atoms with Crippen LogP contribution in [-0.2, 0) is 4.79 Å². The van der Waals surface area contributed by atoms with Crippen molar-refractivity contribution in [3.63, 3.8) is 0 Å². The Kier molecular flexibility index (Phi) is 5.10. The van der Waals surface area contributed by atoms with E-state index in [1.807, 2.05) is 6.92 Å². The maximum atomic E-state index is 13.0. The van der Waals surface area contributed by atoms with Gasteiger partial charge in [-0.05, 0) is 37.1 Å². The topological polar surface area (TPSA) is 55.1 Å². The van der Waals surface area contributed by atoms with Crippen LogP contribution in [-0.4, -0.2) is 12.5 Å². The standard InChI is InChI=1S/C13H19FN2O/c1-3-4-10(8-15)13(17)16-11-5-6-12(14)9(2)7-11/h5-7,10H,3-4,8,15H2,1-2H3,(H,16,17). The fraction of sp³-hybridized carbons (Fsp3) is 0.462. The van der Waals surface area contributed by atoms with Crippen molar-refractivity contribution >= 4 is 11.6 Å². The van der Waals surface area contributed by atoms with Crippen molar-refractivity contribution in [2.75, 3.05) is 11.9 Å². The zero-order valence-electron chi connectivity index (χ0n) is 10.3. The van der Waals surface area contributed by atoms with Gasteiger partial charge in [-0.3, -0.25) is 4.79 Å². The Morgan fingerprint density at radius 1 is 1.53 bits per heavy atom. The molecular weight excluding hydrogens is 219 g/mol. The first-order valence-corrected chi connectivity index (χ1v) is 5.85. The fourth-order valence-corrected chi connectivity index (χ4v) is 1.67. The molecule has 1 aromatic carbocycles. The Bertz CT molecular complexity index is 393. The number of benzene rings is 1. The zero-order valence-corrected chi connectivity index (χ0v) is 10.3. The largest absolute Gasteiger partial charge is 0.330 e. The van der Waals surface area contributed by atoms with Gasteiger partial charge in [-0.1, -0.05) is 13.3 Å². The van der Waals surface area contributed by atoms with Crippen molar-refractivity contribution in [1.29, 1.82) is 0 Å². The number of rotatable bonds is 5. The molecule has 0 bridgehead atoms. The first-order valence-electron chi connectivity index (χ1n) is 5.85. The predicted octanol–water partition coefficient (Wildman–Crippen LogP) is 2.45. The van der Waals surface area contributed by atoms with Crippen molar-refractivity contribution < 1.29 is 9.18 Å². The molecule has 0 aliphatic carbocycles. The lowest BCUT2D eigenvalue weighted by molar-refractivity contribution is -0.119. The molecule has 1 amide bonds. The number of hydrogen-bond acceptors (Lipinski definition) is 2. The summed E-state index contributed by atoms with van der Waals surface area (Å²) in [6.07, 6.45) is 1.68. The van der Waals surface area contributed by atoms with Crippen LogP contribution in [0.5, 0.6) is 0 Å². The zero-order chi connectivity index (χ0) is 12.8. The molecule has 3 nitrogen and oxygen atoms in total. The van der Waals surface area contributed by atoms with Gasteiger partial charge in [-0.25, -0.2) is 4.39 Å². The number of amides is 1. The first-order chi connectivity index (χ1) is 8.08. The number of aryl methyl sites for hydroxylation is 1. The molecule has 3 N–H and O–H groups in total. The Morgan fingerprint density at radius 3 is 2.76 bits per heavy atom. The highest BCUT2D eigenvalue weighted by atomic mass is 19.1. The second-order valence-corrected chi connectivity index (χ2v) is 4.17. The lowest BCUT2D eigenvalue weighted by atomic mass is 10.0. The maximum absolute atomic E-state index is 13.0. The van der Waals surface area contributed by atoms with Gasteiger partial charge in [0, 0.05) is 12.2 Å². The molecule has 1 unspecified atom stereocenters. The van der Waals surface area contributed by atoms with Crippen LogP contribution in [0.15, 0.2) is 18.2 Å². The molecule has 1 aromatic rings. The maximum Gasteiger partial charge on any atom is 0.228 e. The molecule has 0 aliphatic heterocycles. The quantitative estimate of drug-likeness (QED) is 0.827. The van der Waals surface area contributed by atoms with Crippen LogP contribution in [0.3, 0.4) is 0 Å². The minimum Gasteiger partial charge on any atom is -0.330 e. The third kappa shape index (κ3) is 3.82. The Morgan fingerprint density at radius 2 is 2.24 bits per heavy atom. The number of carbonyl (C=O) groups excluding carboxylic acids is 1. The third-order valence-electron chi connectivity index (χ3n) is 2.72. The predicted molar refractivity (Wildman–Crippen MR) is 67.2 cm³/mol. The summed E-state index contributed by atoms with van der Waals surface area (Å²) in [6.45, 7) is 4.01. The molecule has 0 saturated heterocycles. The van der Waals surface area contributed by atoms with E-state index in [1.165, 1.54) is 6.07 Å². The number of carbonyl (C=O) groups is 1. The molecule has 0 saturated carbocycles. The highest BCUT2D eigenvalue weighted by Crippen LogP contribution is 2.15. The molecule has 0 heterocycles. The van der Waals surface area contributed by atoms with Gasteiger partial charge in [0.15, 0.2) is 0 Å². The first kappa shape index (κ1) is 13.6. The average molecular weight is 238 g/mol. The average Bonchev–Trinajstić information content (AvgIpc) is 2.30. The van der Waals surface area contributed by atoms with E-state index in [2.05, 4.69) is 5.32 Å². The van der Waals surface area contributed by atoms with Crippen molar-refractivity contribution in [3.8, 4) is 0 Å². The van der Waals surface area contributed by atoms with Gasteiger partial charge in [-0.2, -0.15) is 0 Å². The van der Waals surface area contributed by atoms with E-state index < -0.39 is 0 Å². The molecule has 94 valence electrons. The molecule has 17 heavy (non-hydrogen) atoms. The van der Waals surface area contributed by atoms with Crippen LogP contribution in [0.25, 0.3) is 0 Å². The lowest BCUT2D eigenvalue weighted by Crippen LogP contribution is -2.29. The molecular formula is C13H19FN2O. The lowest BCUT2D eigenvalue weighted by Gasteiger charge is -2.14. The summed E-state index contributed by atoms with van der Waals surface area (Å²) < 4.78 is 13.0. The van der Waals surface area contributed by atoms with Gasteiger partial charge in [0.05, 0.1) is 5.92 Å². The van der Waals surface area contributed by atoms with Crippen LogP contribution in [0.1, 0.15) is 25.3 Å². The molecule has 0 aromatic heterocycles. The normalized spacial score (nSPS) is 12.2. The molecule has 0 aliphatic rings. The summed E-state index contributed by atoms with van der Waals surface area (Å²) in [5.74, 6) is -0.544. The van der Waals surface area contributed by atoms with E-state index in [1.54, 1.807) is 19.1 Å². The number of hydrogen-bond donors (Lipinski definition) is 2. The second kappa shape index (κ2) is 6.35. The minimum atomic E-state index is -0.271. The fourth-order valence-electron chi connectivity index (χ4n) is 1.67. The molecule has 1 atom stereocenters. The van der Waals surface area contributed by atoms with E-state index in [0.717, 1.165) is 12.8 Å². The number of halogens is 1. The third-order valence-corrected chi connectivity index (χ3v) is 2.72. The van der Waals surface area contributed by atoms with E-state index in [4.69, 9.17) is 5.73 Å². The summed E-state index contributed by atoms with van der Waals surface area (Å²) in [6, 6.07) is 4.52. The Hall–Kier alpha value is -1.42. The monoisotopic (exact) mass is 238 g/mol. The number of nitrogens with two attached hydrogens (primary N) is 1. The Labute approximate surface area is 101 Å². The van der Waals surface area contributed by atoms with E-state index in [0.29, 0.717) is 17.8 Å². The van der Waals surface area contributed by atoms with Crippen LogP contribution >= 0.6 is 0 Å². The molecule has 0 fully saturated rings. The van der Waals surface area contributed by atoms with Gasteiger partial charge in [0.25, 0.3) is 0 Å². The molecule has 1 rings (SSSR count). The smallest absolute Gasteiger partial charge is 0.228 e. The SMILES string of the molecule is CCCC(CN)C(=O)Nc1ccc(F)c(C)c1. The summed E-state index contributed by atoms with van der Waals surface area (Å²) in [4.78, 5) is 11.8. The van der Waals surface area contributed by atoms with Crippen LogP contribution in [0.4, 0.5) is 10.1 Å². The summed E-state index contributed by atoms with van der Waals surface area (Å²) in [5, 5.41) is 2.76. The highest BCUT2D eigenvalue weighted by molar-refractivity contribution is 5.92. The van der Waals surface area contributed by atoms with Crippen molar-refractivity contribution in [2.45, 2.75) is 26.7 Å². The molecule has 0 spiro atoms. The van der Waals surface area contributed by atoms with Crippen molar-refractivity contribution in [1.82, 2.24) is 0 Å². The van der Waals surface area contributed by atoms with Crippen molar-refractivity contribution in [2.24, 2.45) is 11.7 Å². The van der Waals surface area contributed by atoms with Gasteiger partial charge in [0.2, 0.25) is 5.91 Å². The van der Waals surface area contributed by atoms with Crippen LogP contribution < -0.4 is 11.1 Å². The van der Waals surface area contributed by atoms with E-state index in [-0.39, 0.29) is 17.6 Å². The van der Waals surface area contributed by atoms with Crippen LogP contribution in [0.2, 0.25) is 0 Å². The van der Waals surface area contributed by atoms with Crippen molar-refractivity contribution in [3.05, 3.63) is 29.6 Å². The minimum absolute atomic E-state index is 0.0969. The van der Waals surface area contributed by atoms with Gasteiger partial charge < -0.3 is 11.1 Å².